The number of carbonyl (C=O) groups is 2. The molecule has 0 spiro atoms. The van der Waals surface area contributed by atoms with E-state index in [1.807, 2.05) is 54.6 Å². The Kier molecular flexibility index (Phi) is 5.30. The molecule has 2 aromatic carbocycles. The number of ketones is 1. The third-order valence-corrected chi connectivity index (χ3v) is 6.58. The number of rotatable bonds is 8. The number of hydrogen-bond donors (Lipinski definition) is 0. The SMILES string of the molecule is O=C(c1ccc(OCCCN2C[C@@H]3C[C@H]2CN3C(=O)c2ccccc2)cc1)C1CC1. The van der Waals surface area contributed by atoms with Gasteiger partial charge in [0, 0.05) is 48.8 Å². The van der Waals surface area contributed by atoms with Crippen molar-refractivity contribution in [2.75, 3.05) is 26.2 Å². The fraction of sp³-hybridized carbons (Fsp3) is 0.440. The lowest BCUT2D eigenvalue weighted by atomic mass is 10.1. The van der Waals surface area contributed by atoms with E-state index in [2.05, 4.69) is 9.80 Å². The Labute approximate surface area is 177 Å². The summed E-state index contributed by atoms with van der Waals surface area (Å²) in [7, 11) is 0. The van der Waals surface area contributed by atoms with Crippen LogP contribution in [0.2, 0.25) is 0 Å². The summed E-state index contributed by atoms with van der Waals surface area (Å²) >= 11 is 0. The maximum Gasteiger partial charge on any atom is 0.254 e. The molecule has 2 heterocycles. The van der Waals surface area contributed by atoms with E-state index in [9.17, 15) is 9.59 Å². The molecule has 0 unspecified atom stereocenters. The molecule has 5 rings (SSSR count). The van der Waals surface area contributed by atoms with Gasteiger partial charge in [-0.2, -0.15) is 0 Å². The Morgan fingerprint density at radius 2 is 1.67 bits per heavy atom. The molecule has 0 radical (unpaired) electrons. The van der Waals surface area contributed by atoms with Crippen LogP contribution in [0.3, 0.4) is 0 Å². The lowest BCUT2D eigenvalue weighted by Gasteiger charge is -2.34. The summed E-state index contributed by atoms with van der Waals surface area (Å²) in [5.41, 5.74) is 1.59. The maximum atomic E-state index is 12.7. The van der Waals surface area contributed by atoms with Crippen LogP contribution < -0.4 is 4.74 Å². The molecule has 1 amide bonds. The van der Waals surface area contributed by atoms with Crippen LogP contribution in [-0.2, 0) is 0 Å². The lowest BCUT2D eigenvalue weighted by Crippen LogP contribution is -2.49. The van der Waals surface area contributed by atoms with Gasteiger partial charge in [-0.15, -0.1) is 0 Å². The highest BCUT2D eigenvalue weighted by Crippen LogP contribution is 2.33. The van der Waals surface area contributed by atoms with Crippen LogP contribution in [-0.4, -0.2) is 59.8 Å². The number of benzene rings is 2. The van der Waals surface area contributed by atoms with E-state index in [0.717, 1.165) is 62.2 Å². The highest BCUT2D eigenvalue weighted by molar-refractivity contribution is 5.99. The van der Waals surface area contributed by atoms with Gasteiger partial charge in [-0.1, -0.05) is 18.2 Å². The van der Waals surface area contributed by atoms with Crippen LogP contribution >= 0.6 is 0 Å². The number of carbonyl (C=O) groups excluding carboxylic acids is 2. The highest BCUT2D eigenvalue weighted by Gasteiger charge is 2.44. The van der Waals surface area contributed by atoms with Crippen LogP contribution in [0.15, 0.2) is 54.6 Å². The highest BCUT2D eigenvalue weighted by atomic mass is 16.5. The van der Waals surface area contributed by atoms with Crippen LogP contribution in [0.1, 0.15) is 46.4 Å². The average molecular weight is 405 g/mol. The number of nitrogens with zero attached hydrogens (tertiary/aromatic N) is 2. The third-order valence-electron chi connectivity index (χ3n) is 6.58. The predicted octanol–water partition coefficient (Wildman–Crippen LogP) is 3.65. The molecule has 156 valence electrons. The molecular formula is C25H28N2O3. The van der Waals surface area contributed by atoms with E-state index in [0.29, 0.717) is 18.7 Å². The van der Waals surface area contributed by atoms with Crippen molar-refractivity contribution >= 4 is 11.7 Å². The maximum absolute atomic E-state index is 12.7. The summed E-state index contributed by atoms with van der Waals surface area (Å²) in [5.74, 6) is 1.51. The van der Waals surface area contributed by atoms with Crippen molar-refractivity contribution in [3.63, 3.8) is 0 Å². The van der Waals surface area contributed by atoms with Gasteiger partial charge >= 0.3 is 0 Å². The summed E-state index contributed by atoms with van der Waals surface area (Å²) in [4.78, 5) is 29.4. The molecule has 1 aliphatic carbocycles. The van der Waals surface area contributed by atoms with E-state index < -0.39 is 0 Å². The number of hydrogen-bond acceptors (Lipinski definition) is 4. The Morgan fingerprint density at radius 3 is 2.33 bits per heavy atom. The molecule has 3 fully saturated rings. The van der Waals surface area contributed by atoms with Crippen molar-refractivity contribution < 1.29 is 14.3 Å². The quantitative estimate of drug-likeness (QED) is 0.498. The van der Waals surface area contributed by atoms with Crippen molar-refractivity contribution in [3.8, 4) is 5.75 Å². The smallest absolute Gasteiger partial charge is 0.254 e. The number of amides is 1. The molecule has 2 saturated heterocycles. The van der Waals surface area contributed by atoms with Gasteiger partial charge in [0.2, 0.25) is 0 Å². The van der Waals surface area contributed by atoms with Crippen molar-refractivity contribution in [3.05, 3.63) is 65.7 Å². The molecule has 2 aromatic rings. The molecule has 2 bridgehead atoms. The molecule has 0 N–H and O–H groups in total. The van der Waals surface area contributed by atoms with Crippen molar-refractivity contribution in [1.82, 2.24) is 9.80 Å². The molecule has 5 nitrogen and oxygen atoms in total. The fourth-order valence-electron chi connectivity index (χ4n) is 4.77. The van der Waals surface area contributed by atoms with Crippen LogP contribution in [0.4, 0.5) is 0 Å². The van der Waals surface area contributed by atoms with Crippen LogP contribution in [0, 0.1) is 5.92 Å². The number of Topliss-reactive ketones (excluding diaryl/α,β-unsaturated/α-hetero) is 1. The summed E-state index contributed by atoms with van der Waals surface area (Å²) in [6.07, 6.45) is 4.11. The number of piperazine rings is 1. The minimum absolute atomic E-state index is 0.162. The summed E-state index contributed by atoms with van der Waals surface area (Å²) in [6.45, 7) is 3.44. The van der Waals surface area contributed by atoms with Gasteiger partial charge in [0.15, 0.2) is 5.78 Å². The normalized spacial score (nSPS) is 23.0. The molecule has 2 atom stereocenters. The predicted molar refractivity (Wildman–Crippen MR) is 115 cm³/mol. The lowest BCUT2D eigenvalue weighted by molar-refractivity contribution is 0.0618. The van der Waals surface area contributed by atoms with Gasteiger partial charge < -0.3 is 9.64 Å². The van der Waals surface area contributed by atoms with E-state index in [1.54, 1.807) is 0 Å². The summed E-state index contributed by atoms with van der Waals surface area (Å²) in [6, 6.07) is 18.0. The topological polar surface area (TPSA) is 49.9 Å². The van der Waals surface area contributed by atoms with Crippen molar-refractivity contribution in [1.29, 1.82) is 0 Å². The molecular weight excluding hydrogens is 376 g/mol. The first-order chi connectivity index (χ1) is 14.7. The Morgan fingerprint density at radius 1 is 0.900 bits per heavy atom. The molecule has 1 saturated carbocycles. The minimum Gasteiger partial charge on any atom is -0.494 e. The van der Waals surface area contributed by atoms with Gasteiger partial charge in [-0.3, -0.25) is 14.5 Å². The fourth-order valence-corrected chi connectivity index (χ4v) is 4.77. The van der Waals surface area contributed by atoms with Gasteiger partial charge in [-0.05, 0) is 62.1 Å². The molecule has 0 aromatic heterocycles. The van der Waals surface area contributed by atoms with E-state index in [-0.39, 0.29) is 17.6 Å². The van der Waals surface area contributed by atoms with E-state index in [1.165, 1.54) is 0 Å². The second-order valence-corrected chi connectivity index (χ2v) is 8.73. The first kappa shape index (κ1) is 19.3. The van der Waals surface area contributed by atoms with Gasteiger partial charge in [0.05, 0.1) is 6.61 Å². The standard InChI is InChI=1S/C25H28N2O3/c28-24(18-7-8-18)19-9-11-23(12-10-19)30-14-4-13-26-16-22-15-21(26)17-27(22)25(29)20-5-2-1-3-6-20/h1-3,5-6,9-12,18,21-22H,4,7-8,13-17H2/t21-,22-/m0/s1. The Balaban J connectivity index is 1.05. The zero-order chi connectivity index (χ0) is 20.5. The van der Waals surface area contributed by atoms with E-state index >= 15 is 0 Å². The first-order valence-electron chi connectivity index (χ1n) is 11.1. The van der Waals surface area contributed by atoms with Gasteiger partial charge in [0.1, 0.15) is 5.75 Å². The minimum atomic E-state index is 0.162. The molecule has 2 aliphatic heterocycles. The molecule has 30 heavy (non-hydrogen) atoms. The second kappa shape index (κ2) is 8.23. The third kappa shape index (κ3) is 3.99. The second-order valence-electron chi connectivity index (χ2n) is 8.73. The van der Waals surface area contributed by atoms with Crippen LogP contribution in [0.5, 0.6) is 5.75 Å². The summed E-state index contributed by atoms with van der Waals surface area (Å²) in [5, 5.41) is 0. The van der Waals surface area contributed by atoms with Crippen molar-refractivity contribution in [2.24, 2.45) is 5.92 Å². The van der Waals surface area contributed by atoms with Crippen molar-refractivity contribution in [2.45, 2.75) is 37.8 Å². The number of ether oxygens (including phenoxy) is 1. The van der Waals surface area contributed by atoms with Gasteiger partial charge in [-0.25, -0.2) is 0 Å². The first-order valence-corrected chi connectivity index (χ1v) is 11.1. The van der Waals surface area contributed by atoms with Gasteiger partial charge in [0.25, 0.3) is 5.91 Å². The molecule has 5 heteroatoms. The average Bonchev–Trinajstić information content (AvgIpc) is 3.46. The Hall–Kier alpha value is -2.66. The zero-order valence-corrected chi connectivity index (χ0v) is 17.2. The summed E-state index contributed by atoms with van der Waals surface area (Å²) < 4.78 is 5.87. The Bertz CT molecular complexity index is 908. The zero-order valence-electron chi connectivity index (χ0n) is 17.2. The van der Waals surface area contributed by atoms with Crippen LogP contribution in [0.25, 0.3) is 0 Å². The number of likely N-dealkylation sites (tertiary alicyclic amines) is 2. The number of fused-ring (bicyclic) bond motifs is 2. The monoisotopic (exact) mass is 404 g/mol. The molecule has 3 aliphatic rings. The van der Waals surface area contributed by atoms with E-state index in [4.69, 9.17) is 4.74 Å². The largest absolute Gasteiger partial charge is 0.494 e.